The molecule has 4 nitrogen and oxygen atoms in total. The highest BCUT2D eigenvalue weighted by Gasteiger charge is 2.28. The van der Waals surface area contributed by atoms with Crippen LogP contribution in [0.2, 0.25) is 6.32 Å². The highest BCUT2D eigenvalue weighted by Crippen LogP contribution is 2.20. The Morgan fingerprint density at radius 1 is 1.65 bits per heavy atom. The fourth-order valence-corrected chi connectivity index (χ4v) is 1.85. The van der Waals surface area contributed by atoms with Gasteiger partial charge < -0.3 is 14.4 Å². The van der Waals surface area contributed by atoms with E-state index in [0.717, 1.165) is 6.42 Å². The average molecular weight is 235 g/mol. The number of ether oxygens (including phenoxy) is 1. The molecule has 5 heteroatoms. The maximum absolute atomic E-state index is 9.22. The fourth-order valence-electron chi connectivity index (χ4n) is 1.85. The molecule has 1 fully saturated rings. The normalized spacial score (nSPS) is 20.0. The Morgan fingerprint density at radius 2 is 2.47 bits per heavy atom. The Labute approximate surface area is 102 Å². The van der Waals surface area contributed by atoms with Gasteiger partial charge >= 0.3 is 7.12 Å². The zero-order valence-corrected chi connectivity index (χ0v) is 10.3. The molecule has 0 bridgehead atoms. The van der Waals surface area contributed by atoms with E-state index in [2.05, 4.69) is 18.8 Å². The maximum atomic E-state index is 9.22. The second kappa shape index (κ2) is 5.51. The molecule has 1 N–H and O–H groups in total. The van der Waals surface area contributed by atoms with Gasteiger partial charge in [-0.25, -0.2) is 4.98 Å². The van der Waals surface area contributed by atoms with Gasteiger partial charge in [0.15, 0.2) is 0 Å². The van der Waals surface area contributed by atoms with Gasteiger partial charge in [0.05, 0.1) is 6.10 Å². The number of aromatic nitrogens is 1. The van der Waals surface area contributed by atoms with Crippen LogP contribution in [0.5, 0.6) is 5.88 Å². The van der Waals surface area contributed by atoms with Crippen LogP contribution in [-0.4, -0.2) is 29.8 Å². The summed E-state index contributed by atoms with van der Waals surface area (Å²) in [6, 6.07) is 3.95. The zero-order valence-electron chi connectivity index (χ0n) is 10.3. The summed E-state index contributed by atoms with van der Waals surface area (Å²) in [6.07, 6.45) is 3.27. The second-order valence-electron chi connectivity index (χ2n) is 4.68. The van der Waals surface area contributed by atoms with Crippen LogP contribution in [0.25, 0.3) is 0 Å². The van der Waals surface area contributed by atoms with E-state index in [9.17, 15) is 5.02 Å². The van der Waals surface area contributed by atoms with Gasteiger partial charge in [-0.05, 0) is 30.3 Å². The molecule has 0 amide bonds. The monoisotopic (exact) mass is 235 g/mol. The topological polar surface area (TPSA) is 51.6 Å². The molecule has 0 saturated carbocycles. The molecule has 0 radical (unpaired) electrons. The van der Waals surface area contributed by atoms with Crippen molar-refractivity contribution in [2.75, 3.05) is 6.61 Å². The lowest BCUT2D eigenvalue weighted by Crippen LogP contribution is -2.21. The van der Waals surface area contributed by atoms with Gasteiger partial charge in [-0.3, -0.25) is 0 Å². The Kier molecular flexibility index (Phi) is 4.02. The van der Waals surface area contributed by atoms with Gasteiger partial charge in [0.2, 0.25) is 5.88 Å². The van der Waals surface area contributed by atoms with Gasteiger partial charge in [0, 0.05) is 12.3 Å². The lowest BCUT2D eigenvalue weighted by atomic mass is 9.87. The van der Waals surface area contributed by atoms with E-state index in [4.69, 9.17) is 9.39 Å². The molecular weight excluding hydrogens is 217 g/mol. The summed E-state index contributed by atoms with van der Waals surface area (Å²) < 4.78 is 10.8. The summed E-state index contributed by atoms with van der Waals surface area (Å²) >= 11 is 0. The largest absolute Gasteiger partial charge is 0.475 e. The maximum Gasteiger partial charge on any atom is 0.454 e. The molecule has 1 unspecified atom stereocenters. The first kappa shape index (κ1) is 12.4. The van der Waals surface area contributed by atoms with E-state index in [0.29, 0.717) is 24.7 Å². The van der Waals surface area contributed by atoms with Crippen LogP contribution in [0, 0.1) is 0 Å². The molecule has 1 atom stereocenters. The molecule has 0 aliphatic carbocycles. The van der Waals surface area contributed by atoms with Gasteiger partial charge in [0.25, 0.3) is 0 Å². The van der Waals surface area contributed by atoms with Crippen LogP contribution in [0.15, 0.2) is 18.3 Å². The van der Waals surface area contributed by atoms with Crippen LogP contribution in [-0.2, 0) is 4.65 Å². The van der Waals surface area contributed by atoms with E-state index in [1.54, 1.807) is 6.20 Å². The molecule has 1 aromatic heterocycles. The first-order valence-corrected chi connectivity index (χ1v) is 6.07. The average Bonchev–Trinajstić information content (AvgIpc) is 2.73. The van der Waals surface area contributed by atoms with Crippen molar-refractivity contribution >= 4 is 7.12 Å². The standard InChI is InChI=1S/C12H18BNO3/c1-9(2)10-4-6-14-12(7-10)16-8-11-3-5-13(15)17-11/h4,6-7,9,11,15H,3,5,8H2,1-2H3. The Hall–Kier alpha value is -1.07. The summed E-state index contributed by atoms with van der Waals surface area (Å²) in [6.45, 7) is 4.72. The van der Waals surface area contributed by atoms with Crippen molar-refractivity contribution in [2.45, 2.75) is 38.6 Å². The van der Waals surface area contributed by atoms with Crippen molar-refractivity contribution in [1.82, 2.24) is 4.98 Å². The SMILES string of the molecule is CC(C)c1ccnc(OCC2CCB(O)O2)c1. The predicted molar refractivity (Wildman–Crippen MR) is 66.1 cm³/mol. The number of hydrogen-bond acceptors (Lipinski definition) is 4. The summed E-state index contributed by atoms with van der Waals surface area (Å²) in [4.78, 5) is 4.16. The van der Waals surface area contributed by atoms with E-state index in [-0.39, 0.29) is 6.10 Å². The minimum atomic E-state index is -0.626. The van der Waals surface area contributed by atoms with Crippen molar-refractivity contribution in [3.63, 3.8) is 0 Å². The Morgan fingerprint density at radius 3 is 3.12 bits per heavy atom. The molecular formula is C12H18BNO3. The highest BCUT2D eigenvalue weighted by atomic mass is 16.6. The summed E-state index contributed by atoms with van der Waals surface area (Å²) in [5.41, 5.74) is 1.21. The summed E-state index contributed by atoms with van der Waals surface area (Å²) in [5.74, 6) is 1.09. The van der Waals surface area contributed by atoms with Crippen molar-refractivity contribution in [3.05, 3.63) is 23.9 Å². The van der Waals surface area contributed by atoms with Crippen LogP contribution in [0.1, 0.15) is 31.7 Å². The summed E-state index contributed by atoms with van der Waals surface area (Å²) in [5, 5.41) is 9.22. The molecule has 0 spiro atoms. The molecule has 1 saturated heterocycles. The van der Waals surface area contributed by atoms with E-state index < -0.39 is 7.12 Å². The van der Waals surface area contributed by atoms with Gasteiger partial charge in [0.1, 0.15) is 6.61 Å². The third kappa shape index (κ3) is 3.44. The first-order valence-electron chi connectivity index (χ1n) is 6.07. The van der Waals surface area contributed by atoms with Crippen LogP contribution in [0.4, 0.5) is 0 Å². The summed E-state index contributed by atoms with van der Waals surface area (Å²) in [7, 11) is -0.626. The minimum absolute atomic E-state index is 0.0190. The molecule has 1 aromatic rings. The van der Waals surface area contributed by atoms with E-state index >= 15 is 0 Å². The molecule has 17 heavy (non-hydrogen) atoms. The quantitative estimate of drug-likeness (QED) is 0.809. The van der Waals surface area contributed by atoms with Gasteiger partial charge in [-0.2, -0.15) is 0 Å². The van der Waals surface area contributed by atoms with E-state index in [1.807, 2.05) is 12.1 Å². The molecule has 1 aliphatic heterocycles. The van der Waals surface area contributed by atoms with Gasteiger partial charge in [-0.1, -0.05) is 13.8 Å². The fraction of sp³-hybridized carbons (Fsp3) is 0.583. The minimum Gasteiger partial charge on any atom is -0.475 e. The molecule has 1 aliphatic rings. The number of pyridine rings is 1. The lowest BCUT2D eigenvalue weighted by molar-refractivity contribution is 0.128. The van der Waals surface area contributed by atoms with Crippen molar-refractivity contribution in [2.24, 2.45) is 0 Å². The Bertz CT molecular complexity index is 373. The molecule has 2 heterocycles. The third-order valence-electron chi connectivity index (χ3n) is 2.93. The van der Waals surface area contributed by atoms with Crippen molar-refractivity contribution in [1.29, 1.82) is 0 Å². The molecule has 92 valence electrons. The highest BCUT2D eigenvalue weighted by molar-refractivity contribution is 6.43. The zero-order chi connectivity index (χ0) is 12.3. The van der Waals surface area contributed by atoms with E-state index in [1.165, 1.54) is 5.56 Å². The Balaban J connectivity index is 1.88. The predicted octanol–water partition coefficient (Wildman–Crippen LogP) is 1.85. The number of rotatable bonds is 4. The molecule has 2 rings (SSSR count). The van der Waals surface area contributed by atoms with Crippen molar-refractivity contribution < 1.29 is 14.4 Å². The smallest absolute Gasteiger partial charge is 0.454 e. The van der Waals surface area contributed by atoms with Crippen LogP contribution < -0.4 is 4.74 Å². The van der Waals surface area contributed by atoms with Crippen molar-refractivity contribution in [3.8, 4) is 5.88 Å². The van der Waals surface area contributed by atoms with Crippen LogP contribution in [0.3, 0.4) is 0 Å². The number of nitrogens with zero attached hydrogens (tertiary/aromatic N) is 1. The molecule has 0 aromatic carbocycles. The van der Waals surface area contributed by atoms with Crippen LogP contribution >= 0.6 is 0 Å². The third-order valence-corrected chi connectivity index (χ3v) is 2.93. The second-order valence-corrected chi connectivity index (χ2v) is 4.68. The lowest BCUT2D eigenvalue weighted by Gasteiger charge is -2.13. The van der Waals surface area contributed by atoms with Gasteiger partial charge in [-0.15, -0.1) is 0 Å². The number of hydrogen-bond donors (Lipinski definition) is 1. The first-order chi connectivity index (χ1) is 8.15.